The lowest BCUT2D eigenvalue weighted by molar-refractivity contribution is -0.124. The molecule has 1 atom stereocenters. The van der Waals surface area contributed by atoms with Crippen LogP contribution in [0.5, 0.6) is 5.75 Å². The van der Waals surface area contributed by atoms with Crippen molar-refractivity contribution >= 4 is 5.91 Å². The molecule has 0 bridgehead atoms. The second-order valence-corrected chi connectivity index (χ2v) is 5.90. The molecular weight excluding hydrogens is 293 g/mol. The molecule has 23 heavy (non-hydrogen) atoms. The molecule has 4 heteroatoms. The second-order valence-electron chi connectivity index (χ2n) is 5.90. The van der Waals surface area contributed by atoms with Crippen LogP contribution in [0.25, 0.3) is 0 Å². The summed E-state index contributed by atoms with van der Waals surface area (Å²) in [6, 6.07) is 15.5. The predicted molar refractivity (Wildman–Crippen MR) is 88.7 cm³/mol. The number of benzene rings is 2. The molecule has 0 heterocycles. The highest BCUT2D eigenvalue weighted by atomic mass is 19.1. The molecule has 0 saturated heterocycles. The Kier molecular flexibility index (Phi) is 6.15. The van der Waals surface area contributed by atoms with E-state index in [0.29, 0.717) is 11.7 Å². The lowest BCUT2D eigenvalue weighted by Gasteiger charge is -2.21. The molecule has 0 saturated carbocycles. The first kappa shape index (κ1) is 17.0. The lowest BCUT2D eigenvalue weighted by Crippen LogP contribution is -2.33. The Morgan fingerprint density at radius 3 is 2.35 bits per heavy atom. The quantitative estimate of drug-likeness (QED) is 0.835. The van der Waals surface area contributed by atoms with E-state index in [1.807, 2.05) is 30.3 Å². The summed E-state index contributed by atoms with van der Waals surface area (Å²) in [7, 11) is 0. The van der Waals surface area contributed by atoms with Crippen LogP contribution in [0, 0.1) is 11.7 Å². The van der Waals surface area contributed by atoms with Gasteiger partial charge in [-0.3, -0.25) is 4.79 Å². The van der Waals surface area contributed by atoms with Crippen molar-refractivity contribution in [1.29, 1.82) is 0 Å². The highest BCUT2D eigenvalue weighted by molar-refractivity contribution is 5.78. The molecule has 3 nitrogen and oxygen atoms in total. The van der Waals surface area contributed by atoms with E-state index < -0.39 is 0 Å². The first-order chi connectivity index (χ1) is 11.0. The maximum atomic E-state index is 12.8. The van der Waals surface area contributed by atoms with Crippen molar-refractivity contribution in [2.24, 2.45) is 5.92 Å². The maximum absolute atomic E-state index is 12.8. The van der Waals surface area contributed by atoms with E-state index in [-0.39, 0.29) is 24.4 Å². The molecule has 0 unspecified atom stereocenters. The Morgan fingerprint density at radius 2 is 1.74 bits per heavy atom. The zero-order valence-corrected chi connectivity index (χ0v) is 13.5. The first-order valence-corrected chi connectivity index (χ1v) is 7.77. The zero-order chi connectivity index (χ0) is 16.7. The van der Waals surface area contributed by atoms with Gasteiger partial charge in [0.15, 0.2) is 6.61 Å². The molecule has 0 aliphatic rings. The number of amides is 1. The maximum Gasteiger partial charge on any atom is 0.258 e. The average Bonchev–Trinajstić information content (AvgIpc) is 2.54. The summed E-state index contributed by atoms with van der Waals surface area (Å²) < 4.78 is 18.2. The highest BCUT2D eigenvalue weighted by Gasteiger charge is 2.16. The molecule has 2 aromatic carbocycles. The van der Waals surface area contributed by atoms with Crippen LogP contribution < -0.4 is 10.1 Å². The number of carbonyl (C=O) groups excluding carboxylic acids is 1. The smallest absolute Gasteiger partial charge is 0.258 e. The fourth-order valence-electron chi connectivity index (χ4n) is 2.35. The van der Waals surface area contributed by atoms with E-state index in [9.17, 15) is 9.18 Å². The van der Waals surface area contributed by atoms with E-state index in [4.69, 9.17) is 4.74 Å². The molecule has 2 aromatic rings. The van der Waals surface area contributed by atoms with Gasteiger partial charge in [0.05, 0.1) is 6.04 Å². The summed E-state index contributed by atoms with van der Waals surface area (Å²) in [6.07, 6.45) is 0.853. The van der Waals surface area contributed by atoms with Crippen molar-refractivity contribution in [2.45, 2.75) is 26.3 Å². The van der Waals surface area contributed by atoms with E-state index in [2.05, 4.69) is 19.2 Å². The van der Waals surface area contributed by atoms with Crippen molar-refractivity contribution in [2.75, 3.05) is 6.61 Å². The van der Waals surface area contributed by atoms with Gasteiger partial charge in [-0.1, -0.05) is 44.2 Å². The Hall–Kier alpha value is -2.36. The molecular formula is C19H22FNO2. The summed E-state index contributed by atoms with van der Waals surface area (Å²) in [5.41, 5.74) is 1.08. The number of ether oxygens (including phenoxy) is 1. The Morgan fingerprint density at radius 1 is 1.09 bits per heavy atom. The van der Waals surface area contributed by atoms with Crippen LogP contribution in [-0.4, -0.2) is 12.5 Å². The summed E-state index contributed by atoms with van der Waals surface area (Å²) in [5.74, 6) is 0.409. The zero-order valence-electron chi connectivity index (χ0n) is 13.5. The van der Waals surface area contributed by atoms with E-state index in [1.165, 1.54) is 24.3 Å². The fourth-order valence-corrected chi connectivity index (χ4v) is 2.35. The monoisotopic (exact) mass is 315 g/mol. The van der Waals surface area contributed by atoms with Crippen LogP contribution in [0.1, 0.15) is 31.9 Å². The molecule has 0 spiro atoms. The average molecular weight is 315 g/mol. The molecule has 0 aliphatic carbocycles. The van der Waals surface area contributed by atoms with Gasteiger partial charge in [-0.25, -0.2) is 4.39 Å². The van der Waals surface area contributed by atoms with Crippen molar-refractivity contribution in [3.05, 3.63) is 66.0 Å². The summed E-state index contributed by atoms with van der Waals surface area (Å²) >= 11 is 0. The first-order valence-electron chi connectivity index (χ1n) is 7.77. The van der Waals surface area contributed by atoms with Crippen LogP contribution in [0.4, 0.5) is 4.39 Å². The molecule has 0 aromatic heterocycles. The number of nitrogens with one attached hydrogen (secondary N) is 1. The minimum absolute atomic E-state index is 0.0412. The van der Waals surface area contributed by atoms with E-state index in [0.717, 1.165) is 12.0 Å². The van der Waals surface area contributed by atoms with Crippen LogP contribution in [0.2, 0.25) is 0 Å². The Balaban J connectivity index is 1.93. The fraction of sp³-hybridized carbons (Fsp3) is 0.316. The van der Waals surface area contributed by atoms with Gasteiger partial charge in [-0.2, -0.15) is 0 Å². The highest BCUT2D eigenvalue weighted by Crippen LogP contribution is 2.21. The molecule has 0 fully saturated rings. The summed E-state index contributed by atoms with van der Waals surface area (Å²) in [5, 5.41) is 3.01. The predicted octanol–water partition coefficient (Wildman–Crippen LogP) is 4.11. The third-order valence-corrected chi connectivity index (χ3v) is 3.43. The number of rotatable bonds is 7. The largest absolute Gasteiger partial charge is 0.484 e. The van der Waals surface area contributed by atoms with E-state index in [1.54, 1.807) is 0 Å². The number of carbonyl (C=O) groups is 1. The molecule has 0 aliphatic heterocycles. The third kappa shape index (κ3) is 5.74. The van der Waals surface area contributed by atoms with Crippen LogP contribution in [0.15, 0.2) is 54.6 Å². The van der Waals surface area contributed by atoms with Gasteiger partial charge in [0.1, 0.15) is 11.6 Å². The Labute approximate surface area is 136 Å². The molecule has 122 valence electrons. The van der Waals surface area contributed by atoms with Crippen LogP contribution in [-0.2, 0) is 4.79 Å². The van der Waals surface area contributed by atoms with Crippen molar-refractivity contribution in [3.63, 3.8) is 0 Å². The van der Waals surface area contributed by atoms with Gasteiger partial charge < -0.3 is 10.1 Å². The van der Waals surface area contributed by atoms with Crippen LogP contribution in [0.3, 0.4) is 0 Å². The number of hydrogen-bond acceptors (Lipinski definition) is 2. The minimum atomic E-state index is -0.331. The van der Waals surface area contributed by atoms with Gasteiger partial charge in [0, 0.05) is 0 Å². The number of hydrogen-bond donors (Lipinski definition) is 1. The molecule has 1 N–H and O–H groups in total. The summed E-state index contributed by atoms with van der Waals surface area (Å²) in [6.45, 7) is 4.15. The topological polar surface area (TPSA) is 38.3 Å². The van der Waals surface area contributed by atoms with Gasteiger partial charge in [0.25, 0.3) is 5.91 Å². The molecule has 0 radical (unpaired) electrons. The van der Waals surface area contributed by atoms with Gasteiger partial charge >= 0.3 is 0 Å². The van der Waals surface area contributed by atoms with Gasteiger partial charge in [0.2, 0.25) is 0 Å². The third-order valence-electron chi connectivity index (χ3n) is 3.43. The SMILES string of the molecule is CC(C)C[C@H](NC(=O)COc1ccc(F)cc1)c1ccccc1. The molecule has 1 amide bonds. The minimum Gasteiger partial charge on any atom is -0.484 e. The number of halogens is 1. The second kappa shape index (κ2) is 8.32. The van der Waals surface area contributed by atoms with Crippen molar-refractivity contribution in [3.8, 4) is 5.75 Å². The normalized spacial score (nSPS) is 12.0. The van der Waals surface area contributed by atoms with Crippen molar-refractivity contribution in [1.82, 2.24) is 5.32 Å². The summed E-state index contributed by atoms with van der Waals surface area (Å²) in [4.78, 5) is 12.1. The Bertz CT molecular complexity index is 611. The van der Waals surface area contributed by atoms with Crippen molar-refractivity contribution < 1.29 is 13.9 Å². The molecule has 2 rings (SSSR count). The standard InChI is InChI=1S/C19H22FNO2/c1-14(2)12-18(15-6-4-3-5-7-15)21-19(22)13-23-17-10-8-16(20)9-11-17/h3-11,14,18H,12-13H2,1-2H3,(H,21,22)/t18-/m0/s1. The van der Waals surface area contributed by atoms with E-state index >= 15 is 0 Å². The van der Waals surface area contributed by atoms with Gasteiger partial charge in [-0.15, -0.1) is 0 Å². The lowest BCUT2D eigenvalue weighted by atomic mass is 9.97. The van der Waals surface area contributed by atoms with Gasteiger partial charge in [-0.05, 0) is 42.2 Å². The van der Waals surface area contributed by atoms with Crippen LogP contribution >= 0.6 is 0 Å².